The summed E-state index contributed by atoms with van der Waals surface area (Å²) in [5.41, 5.74) is 1.47. The van der Waals surface area contributed by atoms with Gasteiger partial charge in [-0.2, -0.15) is 4.39 Å². The minimum Gasteiger partial charge on any atom is -0.465 e. The van der Waals surface area contributed by atoms with E-state index < -0.39 is 11.6 Å². The van der Waals surface area contributed by atoms with E-state index in [-0.39, 0.29) is 0 Å². The van der Waals surface area contributed by atoms with E-state index in [9.17, 15) is 4.39 Å². The van der Waals surface area contributed by atoms with Gasteiger partial charge in [-0.1, -0.05) is 29.8 Å². The number of hydrogen-bond donors (Lipinski definition) is 0. The average molecular weight is 208 g/mol. The van der Waals surface area contributed by atoms with Crippen LogP contribution in [-0.4, -0.2) is 5.60 Å². The van der Waals surface area contributed by atoms with Gasteiger partial charge in [-0.15, -0.1) is 0 Å². The van der Waals surface area contributed by atoms with Gasteiger partial charge in [0.15, 0.2) is 0 Å². The Hall–Kier alpha value is -1.31. The third-order valence-electron chi connectivity index (χ3n) is 1.76. The van der Waals surface area contributed by atoms with Crippen molar-refractivity contribution < 1.29 is 9.13 Å². The molecule has 15 heavy (non-hydrogen) atoms. The molecule has 0 saturated carbocycles. The highest BCUT2D eigenvalue weighted by molar-refractivity contribution is 5.50. The quantitative estimate of drug-likeness (QED) is 0.665. The van der Waals surface area contributed by atoms with Gasteiger partial charge >= 0.3 is 0 Å². The van der Waals surface area contributed by atoms with Crippen LogP contribution in [-0.2, 0) is 4.74 Å². The van der Waals surface area contributed by atoms with Crippen molar-refractivity contribution in [3.05, 3.63) is 41.4 Å². The van der Waals surface area contributed by atoms with Crippen molar-refractivity contribution in [2.24, 2.45) is 0 Å². The average Bonchev–Trinajstić information content (AvgIpc) is 2.05. The third kappa shape index (κ3) is 4.63. The summed E-state index contributed by atoms with van der Waals surface area (Å²) in [6.45, 7) is 7.44. The zero-order chi connectivity index (χ0) is 11.5. The molecule has 0 unspecified atom stereocenters. The van der Waals surface area contributed by atoms with Gasteiger partial charge in [0.1, 0.15) is 5.60 Å². The summed E-state index contributed by atoms with van der Waals surface area (Å²) < 4.78 is 18.4. The summed E-state index contributed by atoms with van der Waals surface area (Å²) in [7, 11) is 0. The van der Waals surface area contributed by atoms with Crippen molar-refractivity contribution in [1.29, 1.82) is 0 Å². The van der Waals surface area contributed by atoms with Gasteiger partial charge in [0.25, 0.3) is 6.01 Å². The summed E-state index contributed by atoms with van der Waals surface area (Å²) in [4.78, 5) is 0. The number of rotatable bonds is 2. The molecule has 1 aromatic carbocycles. The van der Waals surface area contributed by atoms with Crippen molar-refractivity contribution in [1.82, 2.24) is 0 Å². The Balaban J connectivity index is 2.75. The first-order valence-electron chi connectivity index (χ1n) is 5.00. The van der Waals surface area contributed by atoms with Crippen LogP contribution in [0.4, 0.5) is 4.39 Å². The first kappa shape index (κ1) is 11.8. The van der Waals surface area contributed by atoms with Gasteiger partial charge in [0, 0.05) is 6.08 Å². The van der Waals surface area contributed by atoms with Crippen LogP contribution in [0.15, 0.2) is 30.3 Å². The van der Waals surface area contributed by atoms with Crippen molar-refractivity contribution >= 4 is 6.08 Å². The monoisotopic (exact) mass is 208 g/mol. The van der Waals surface area contributed by atoms with Gasteiger partial charge in [0.2, 0.25) is 0 Å². The van der Waals surface area contributed by atoms with Crippen LogP contribution in [0.2, 0.25) is 0 Å². The summed E-state index contributed by atoms with van der Waals surface area (Å²) in [6, 6.07) is 7.06. The molecular formula is C13H17FO. The molecule has 0 N–H and O–H groups in total. The lowest BCUT2D eigenvalue weighted by Gasteiger charge is -2.19. The molecule has 0 atom stereocenters. The number of benzene rings is 1. The van der Waals surface area contributed by atoms with E-state index in [1.165, 1.54) is 6.08 Å². The smallest absolute Gasteiger partial charge is 0.273 e. The number of hydrogen-bond acceptors (Lipinski definition) is 1. The molecule has 0 bridgehead atoms. The molecule has 1 aromatic rings. The fraction of sp³-hybridized carbons (Fsp3) is 0.385. The second kappa shape index (κ2) is 4.47. The van der Waals surface area contributed by atoms with E-state index in [1.807, 2.05) is 52.0 Å². The highest BCUT2D eigenvalue weighted by Crippen LogP contribution is 2.17. The molecule has 1 nitrogen and oxygen atoms in total. The maximum atomic E-state index is 13.3. The first-order chi connectivity index (χ1) is 6.87. The van der Waals surface area contributed by atoms with Crippen molar-refractivity contribution in [3.63, 3.8) is 0 Å². The van der Waals surface area contributed by atoms with E-state index >= 15 is 0 Å². The summed E-state index contributed by atoms with van der Waals surface area (Å²) in [6.07, 6.45) is 1.39. The Morgan fingerprint density at radius 2 is 1.73 bits per heavy atom. The molecule has 0 aromatic heterocycles. The minimum absolute atomic E-state index is 0.495. The molecule has 0 heterocycles. The lowest BCUT2D eigenvalue weighted by Crippen LogP contribution is -2.17. The second-order valence-corrected chi connectivity index (χ2v) is 4.57. The van der Waals surface area contributed by atoms with E-state index in [0.717, 1.165) is 11.1 Å². The van der Waals surface area contributed by atoms with Gasteiger partial charge in [-0.05, 0) is 33.3 Å². The van der Waals surface area contributed by atoms with E-state index in [0.29, 0.717) is 0 Å². The molecule has 1 rings (SSSR count). The zero-order valence-electron chi connectivity index (χ0n) is 9.67. The van der Waals surface area contributed by atoms with E-state index in [2.05, 4.69) is 0 Å². The van der Waals surface area contributed by atoms with Gasteiger partial charge in [-0.3, -0.25) is 0 Å². The molecule has 0 aliphatic rings. The topological polar surface area (TPSA) is 9.23 Å². The maximum Gasteiger partial charge on any atom is 0.273 e. The lowest BCUT2D eigenvalue weighted by molar-refractivity contribution is 0.0169. The zero-order valence-corrected chi connectivity index (χ0v) is 9.67. The van der Waals surface area contributed by atoms with Crippen LogP contribution >= 0.6 is 0 Å². The molecule has 0 aliphatic carbocycles. The largest absolute Gasteiger partial charge is 0.465 e. The molecule has 0 radical (unpaired) electrons. The van der Waals surface area contributed by atoms with Crippen molar-refractivity contribution in [2.45, 2.75) is 33.3 Å². The highest BCUT2D eigenvalue weighted by Gasteiger charge is 2.12. The van der Waals surface area contributed by atoms with Crippen LogP contribution in [0.25, 0.3) is 6.08 Å². The van der Waals surface area contributed by atoms with Crippen molar-refractivity contribution in [2.75, 3.05) is 0 Å². The van der Waals surface area contributed by atoms with Crippen molar-refractivity contribution in [3.8, 4) is 0 Å². The maximum absolute atomic E-state index is 13.3. The van der Waals surface area contributed by atoms with Crippen LogP contribution < -0.4 is 0 Å². The molecule has 0 saturated heterocycles. The van der Waals surface area contributed by atoms with Crippen LogP contribution in [0, 0.1) is 6.92 Å². The van der Waals surface area contributed by atoms with Crippen LogP contribution in [0.3, 0.4) is 0 Å². The predicted octanol–water partition coefficient (Wildman–Crippen LogP) is 4.08. The molecule has 0 spiro atoms. The molecule has 0 aliphatic heterocycles. The second-order valence-electron chi connectivity index (χ2n) is 4.57. The fourth-order valence-electron chi connectivity index (χ4n) is 1.12. The standard InChI is InChI=1S/C13H17FO/c1-10-5-7-11(8-6-10)9-12(14)15-13(2,3)4/h5-9H,1-4H3/b12-9-. The Morgan fingerprint density at radius 3 is 2.20 bits per heavy atom. The van der Waals surface area contributed by atoms with Gasteiger partial charge < -0.3 is 4.74 Å². The summed E-state index contributed by atoms with van der Waals surface area (Å²) >= 11 is 0. The van der Waals surface area contributed by atoms with Crippen LogP contribution in [0.1, 0.15) is 31.9 Å². The Morgan fingerprint density at radius 1 is 1.20 bits per heavy atom. The van der Waals surface area contributed by atoms with Crippen LogP contribution in [0.5, 0.6) is 0 Å². The van der Waals surface area contributed by atoms with E-state index in [4.69, 9.17) is 4.74 Å². The summed E-state index contributed by atoms with van der Waals surface area (Å²) in [5.74, 6) is 0. The van der Waals surface area contributed by atoms with E-state index in [1.54, 1.807) is 0 Å². The Labute approximate surface area is 90.6 Å². The highest BCUT2D eigenvalue weighted by atomic mass is 19.1. The number of aryl methyl sites for hydroxylation is 1. The third-order valence-corrected chi connectivity index (χ3v) is 1.76. The Kier molecular flexibility index (Phi) is 3.51. The summed E-state index contributed by atoms with van der Waals surface area (Å²) in [5, 5.41) is 0. The van der Waals surface area contributed by atoms with Gasteiger partial charge in [-0.25, -0.2) is 0 Å². The first-order valence-corrected chi connectivity index (χ1v) is 5.00. The molecule has 0 amide bonds. The lowest BCUT2D eigenvalue weighted by atomic mass is 10.1. The minimum atomic E-state index is -0.550. The normalized spacial score (nSPS) is 12.7. The molecule has 2 heteroatoms. The fourth-order valence-corrected chi connectivity index (χ4v) is 1.12. The molecule has 82 valence electrons. The SMILES string of the molecule is Cc1ccc(/C=C(/F)OC(C)(C)C)cc1. The molecular weight excluding hydrogens is 191 g/mol. The Bertz CT molecular complexity index is 344. The number of ether oxygens (including phenoxy) is 1. The molecule has 0 fully saturated rings. The van der Waals surface area contributed by atoms with Gasteiger partial charge in [0.05, 0.1) is 0 Å². The number of halogens is 1. The predicted molar refractivity (Wildman–Crippen MR) is 61.1 cm³/mol.